The lowest BCUT2D eigenvalue weighted by atomic mass is 9.72. The van der Waals surface area contributed by atoms with Gasteiger partial charge in [-0.05, 0) is 13.0 Å². The molecule has 1 aliphatic heterocycles. The summed E-state index contributed by atoms with van der Waals surface area (Å²) in [5.41, 5.74) is -0.998. The van der Waals surface area contributed by atoms with Crippen molar-refractivity contribution < 1.29 is 14.5 Å². The average molecular weight is 399 g/mol. The van der Waals surface area contributed by atoms with E-state index in [2.05, 4.69) is 10.6 Å². The Morgan fingerprint density at radius 2 is 2.04 bits per heavy atom. The van der Waals surface area contributed by atoms with Crippen LogP contribution in [0.1, 0.15) is 20.8 Å². The van der Waals surface area contributed by atoms with E-state index in [1.807, 2.05) is 12.1 Å². The number of anilines is 1. The summed E-state index contributed by atoms with van der Waals surface area (Å²) in [4.78, 5) is 35.2. The maximum atomic E-state index is 12.5. The minimum Gasteiger partial charge on any atom is -0.319 e. The first-order chi connectivity index (χ1) is 13.1. The summed E-state index contributed by atoms with van der Waals surface area (Å²) in [5, 5.41) is 34.3. The van der Waals surface area contributed by atoms with Crippen molar-refractivity contribution in [1.29, 1.82) is 10.5 Å². The van der Waals surface area contributed by atoms with Gasteiger partial charge in [-0.3, -0.25) is 19.7 Å². The number of nitro benzene ring substituents is 1. The van der Waals surface area contributed by atoms with Crippen molar-refractivity contribution in [2.24, 2.45) is 11.3 Å². The van der Waals surface area contributed by atoms with Crippen LogP contribution in [0, 0.1) is 44.1 Å². The maximum absolute atomic E-state index is 12.5. The van der Waals surface area contributed by atoms with Gasteiger partial charge in [0, 0.05) is 11.5 Å². The molecule has 1 aliphatic rings. The number of carbonyl (C=O) groups is 2. The number of hydrogen-bond donors (Lipinski definition) is 2. The minimum absolute atomic E-state index is 0.0528. The highest BCUT2D eigenvalue weighted by Gasteiger charge is 2.45. The highest BCUT2D eigenvalue weighted by atomic mass is 32.2. The molecule has 1 heterocycles. The zero-order valence-corrected chi connectivity index (χ0v) is 16.2. The molecule has 0 saturated carbocycles. The Bertz CT molecular complexity index is 957. The van der Waals surface area contributed by atoms with E-state index < -0.39 is 33.3 Å². The van der Waals surface area contributed by atoms with Crippen molar-refractivity contribution in [3.8, 4) is 12.1 Å². The van der Waals surface area contributed by atoms with Gasteiger partial charge < -0.3 is 10.6 Å². The number of allylic oxidation sites excluding steroid dienone is 1. The van der Waals surface area contributed by atoms with Crippen molar-refractivity contribution in [2.75, 3.05) is 5.32 Å². The van der Waals surface area contributed by atoms with Crippen LogP contribution in [0.3, 0.4) is 0 Å². The van der Waals surface area contributed by atoms with E-state index in [1.54, 1.807) is 26.8 Å². The molecule has 0 radical (unpaired) electrons. The van der Waals surface area contributed by atoms with Gasteiger partial charge >= 0.3 is 0 Å². The lowest BCUT2D eigenvalue weighted by molar-refractivity contribution is -0.383. The molecule has 0 aliphatic carbocycles. The van der Waals surface area contributed by atoms with Gasteiger partial charge in [0.2, 0.25) is 11.8 Å². The number of hydrogen-bond acceptors (Lipinski definition) is 7. The fourth-order valence-electron chi connectivity index (χ4n) is 2.72. The zero-order chi connectivity index (χ0) is 21.1. The monoisotopic (exact) mass is 399 g/mol. The molecule has 0 bridgehead atoms. The van der Waals surface area contributed by atoms with Crippen LogP contribution in [-0.4, -0.2) is 22.0 Å². The summed E-state index contributed by atoms with van der Waals surface area (Å²) in [6.07, 6.45) is 0. The van der Waals surface area contributed by atoms with Crippen molar-refractivity contribution in [2.45, 2.75) is 26.0 Å². The van der Waals surface area contributed by atoms with Crippen LogP contribution < -0.4 is 10.6 Å². The fourth-order valence-corrected chi connectivity index (χ4v) is 3.82. The van der Waals surface area contributed by atoms with Crippen molar-refractivity contribution in [3.63, 3.8) is 0 Å². The number of nitriles is 2. The average Bonchev–Trinajstić information content (AvgIpc) is 2.61. The van der Waals surface area contributed by atoms with Gasteiger partial charge in [-0.2, -0.15) is 10.5 Å². The van der Waals surface area contributed by atoms with Crippen molar-refractivity contribution >= 4 is 35.0 Å². The number of nitro groups is 1. The van der Waals surface area contributed by atoms with Crippen LogP contribution in [0.15, 0.2) is 34.9 Å². The molecule has 9 nitrogen and oxygen atoms in total. The topological polar surface area (TPSA) is 149 Å². The summed E-state index contributed by atoms with van der Waals surface area (Å²) in [5.74, 6) is -2.10. The molecule has 0 fully saturated rings. The SMILES string of the molecule is C[C@H](SC1=C(C#N)C(C)(C)[C@@H](C#N)C(=O)N1)C(=O)Nc1ccccc1[N+](=O)[O-]. The molecule has 0 saturated heterocycles. The second-order valence-corrected chi connectivity index (χ2v) is 7.96. The number of carbonyl (C=O) groups excluding carboxylic acids is 2. The zero-order valence-electron chi connectivity index (χ0n) is 15.3. The van der Waals surface area contributed by atoms with E-state index in [9.17, 15) is 30.2 Å². The van der Waals surface area contributed by atoms with E-state index >= 15 is 0 Å². The Hall–Kier alpha value is -3.37. The molecule has 1 aromatic carbocycles. The van der Waals surface area contributed by atoms with Crippen LogP contribution in [0.5, 0.6) is 0 Å². The molecule has 2 rings (SSSR count). The minimum atomic E-state index is -1.03. The largest absolute Gasteiger partial charge is 0.319 e. The predicted octanol–water partition coefficient (Wildman–Crippen LogP) is 2.69. The smallest absolute Gasteiger partial charge is 0.292 e. The lowest BCUT2D eigenvalue weighted by Crippen LogP contribution is -2.45. The van der Waals surface area contributed by atoms with E-state index in [4.69, 9.17) is 0 Å². The van der Waals surface area contributed by atoms with Crippen molar-refractivity contribution in [3.05, 3.63) is 45.0 Å². The molecule has 0 spiro atoms. The summed E-state index contributed by atoms with van der Waals surface area (Å²) >= 11 is 0.947. The third-order valence-electron chi connectivity index (χ3n) is 4.36. The number of rotatable bonds is 5. The maximum Gasteiger partial charge on any atom is 0.292 e. The van der Waals surface area contributed by atoms with Crippen LogP contribution in [-0.2, 0) is 9.59 Å². The first kappa shape index (κ1) is 20.9. The Labute approximate surface area is 165 Å². The van der Waals surface area contributed by atoms with Gasteiger partial charge in [0.25, 0.3) is 5.69 Å². The van der Waals surface area contributed by atoms with Gasteiger partial charge in [-0.1, -0.05) is 37.7 Å². The van der Waals surface area contributed by atoms with Gasteiger partial charge in [-0.15, -0.1) is 0 Å². The number of nitrogens with zero attached hydrogens (tertiary/aromatic N) is 3. The molecule has 2 amide bonds. The molecule has 2 N–H and O–H groups in total. The molecule has 144 valence electrons. The predicted molar refractivity (Wildman–Crippen MR) is 102 cm³/mol. The quantitative estimate of drug-likeness (QED) is 0.571. The molecule has 1 aromatic rings. The van der Waals surface area contributed by atoms with Crippen LogP contribution >= 0.6 is 11.8 Å². The fraction of sp³-hybridized carbons (Fsp3) is 0.333. The second kappa shape index (κ2) is 8.11. The normalized spacial score (nSPS) is 19.0. The number of para-hydroxylation sites is 2. The summed E-state index contributed by atoms with van der Waals surface area (Å²) in [7, 11) is 0. The Kier molecular flexibility index (Phi) is 6.06. The number of amides is 2. The standard InChI is InChI=1S/C18H17N5O4S/c1-10(15(24)21-13-6-4-5-7-14(13)23(26)27)28-17-12(9-20)18(2,3)11(8-19)16(25)22-17/h4-7,10-11H,1-3H3,(H,21,24)(H,22,25)/t10-,11-/m0/s1. The van der Waals surface area contributed by atoms with Gasteiger partial charge in [0.1, 0.15) is 11.6 Å². The van der Waals surface area contributed by atoms with Gasteiger partial charge in [-0.25, -0.2) is 0 Å². The molecule has 2 atom stereocenters. The van der Waals surface area contributed by atoms with Gasteiger partial charge in [0.05, 0.1) is 32.9 Å². The highest BCUT2D eigenvalue weighted by Crippen LogP contribution is 2.42. The van der Waals surface area contributed by atoms with E-state index in [-0.39, 0.29) is 22.0 Å². The van der Waals surface area contributed by atoms with Crippen molar-refractivity contribution in [1.82, 2.24) is 5.32 Å². The molecule has 0 aromatic heterocycles. The second-order valence-electron chi connectivity index (χ2n) is 6.61. The van der Waals surface area contributed by atoms with Crippen LogP contribution in [0.2, 0.25) is 0 Å². The molecular weight excluding hydrogens is 382 g/mol. The van der Waals surface area contributed by atoms with E-state index in [0.29, 0.717) is 0 Å². The number of benzene rings is 1. The lowest BCUT2D eigenvalue weighted by Gasteiger charge is -2.35. The molecule has 0 unspecified atom stereocenters. The van der Waals surface area contributed by atoms with Crippen LogP contribution in [0.4, 0.5) is 11.4 Å². The third-order valence-corrected chi connectivity index (χ3v) is 5.46. The van der Waals surface area contributed by atoms with E-state index in [1.165, 1.54) is 18.2 Å². The summed E-state index contributed by atoms with van der Waals surface area (Å²) in [6, 6.07) is 9.66. The Balaban J connectivity index is 2.25. The summed E-state index contributed by atoms with van der Waals surface area (Å²) < 4.78 is 0. The Morgan fingerprint density at radius 3 is 2.61 bits per heavy atom. The van der Waals surface area contributed by atoms with E-state index in [0.717, 1.165) is 11.8 Å². The summed E-state index contributed by atoms with van der Waals surface area (Å²) in [6.45, 7) is 4.79. The third kappa shape index (κ3) is 3.97. The first-order valence-corrected chi connectivity index (χ1v) is 9.07. The van der Waals surface area contributed by atoms with Crippen LogP contribution in [0.25, 0.3) is 0 Å². The highest BCUT2D eigenvalue weighted by molar-refractivity contribution is 8.04. The molecule has 28 heavy (non-hydrogen) atoms. The molecule has 10 heteroatoms. The number of nitrogens with one attached hydrogen (secondary N) is 2. The Morgan fingerprint density at radius 1 is 1.39 bits per heavy atom. The van der Waals surface area contributed by atoms with Gasteiger partial charge in [0.15, 0.2) is 0 Å². The number of thioether (sulfide) groups is 1. The molecular formula is C18H17N5O4S. The first-order valence-electron chi connectivity index (χ1n) is 8.19.